The number of carbonyl (C=O) groups excluding carboxylic acids is 2. The minimum absolute atomic E-state index is 0.0800. The number of Topliss-reactive ketones (excluding diaryl/α,β-unsaturated/α-hetero) is 1. The lowest BCUT2D eigenvalue weighted by Gasteiger charge is -2.31. The molecule has 136 valence electrons. The van der Waals surface area contributed by atoms with E-state index in [2.05, 4.69) is 9.97 Å². The molecule has 0 saturated carbocycles. The predicted octanol–water partition coefficient (Wildman–Crippen LogP) is 2.86. The fraction of sp³-hybridized carbons (Fsp3) is 0.350. The molecule has 0 aliphatic carbocycles. The highest BCUT2D eigenvalue weighted by Gasteiger charge is 2.29. The number of aryl methyl sites for hydroxylation is 1. The Kier molecular flexibility index (Phi) is 5.51. The molecule has 1 aliphatic rings. The van der Waals surface area contributed by atoms with Crippen molar-refractivity contribution in [2.24, 2.45) is 5.92 Å². The van der Waals surface area contributed by atoms with Gasteiger partial charge in [0.1, 0.15) is 5.75 Å². The van der Waals surface area contributed by atoms with Gasteiger partial charge in [-0.05, 0) is 49.6 Å². The van der Waals surface area contributed by atoms with Crippen molar-refractivity contribution < 1.29 is 14.3 Å². The lowest BCUT2D eigenvalue weighted by atomic mass is 9.88. The third kappa shape index (κ3) is 4.02. The fourth-order valence-corrected chi connectivity index (χ4v) is 3.28. The minimum atomic E-state index is -0.166. The monoisotopic (exact) mass is 353 g/mol. The number of likely N-dealkylation sites (tertiary alicyclic amines) is 1. The highest BCUT2D eigenvalue weighted by molar-refractivity contribution is 6.00. The molecule has 6 nitrogen and oxygen atoms in total. The Balaban J connectivity index is 1.67. The molecule has 0 radical (unpaired) electrons. The largest absolute Gasteiger partial charge is 0.497 e. The molecular weight excluding hydrogens is 330 g/mol. The van der Waals surface area contributed by atoms with E-state index in [1.807, 2.05) is 19.1 Å². The maximum Gasteiger partial charge on any atom is 0.246 e. The van der Waals surface area contributed by atoms with Crippen LogP contribution in [0.15, 0.2) is 36.8 Å². The molecule has 3 rings (SSSR count). The standard InChI is InChI=1S/C20H23N3O3/c1-14-10-17(26-2)6-7-18(14)20(25)15-4-3-9-23(12-15)19(24)8-5-16-11-21-13-22-16/h5-8,10-11,13,15H,3-4,9,12H2,1-2H3,(H,21,22). The number of hydrogen-bond donors (Lipinski definition) is 1. The summed E-state index contributed by atoms with van der Waals surface area (Å²) in [7, 11) is 1.61. The van der Waals surface area contributed by atoms with Gasteiger partial charge in [0, 0.05) is 30.6 Å². The van der Waals surface area contributed by atoms with Gasteiger partial charge in [0.05, 0.1) is 25.3 Å². The van der Waals surface area contributed by atoms with Crippen LogP contribution >= 0.6 is 0 Å². The molecule has 1 saturated heterocycles. The Morgan fingerprint density at radius 3 is 2.92 bits per heavy atom. The van der Waals surface area contributed by atoms with Crippen molar-refractivity contribution in [1.29, 1.82) is 0 Å². The SMILES string of the molecule is COc1ccc(C(=O)C2CCCN(C(=O)C=Cc3cnc[nH]3)C2)c(C)c1. The van der Waals surface area contributed by atoms with Gasteiger partial charge >= 0.3 is 0 Å². The second-order valence-electron chi connectivity index (χ2n) is 6.51. The zero-order valence-electron chi connectivity index (χ0n) is 15.1. The van der Waals surface area contributed by atoms with E-state index in [1.54, 1.807) is 36.7 Å². The maximum absolute atomic E-state index is 12.9. The number of H-pyrrole nitrogens is 1. The van der Waals surface area contributed by atoms with Crippen LogP contribution in [0.3, 0.4) is 0 Å². The Hall–Kier alpha value is -2.89. The summed E-state index contributed by atoms with van der Waals surface area (Å²) in [6.07, 6.45) is 8.08. The Morgan fingerprint density at radius 2 is 2.23 bits per heavy atom. The Morgan fingerprint density at radius 1 is 1.38 bits per heavy atom. The van der Waals surface area contributed by atoms with E-state index in [9.17, 15) is 9.59 Å². The first-order chi connectivity index (χ1) is 12.6. The fourth-order valence-electron chi connectivity index (χ4n) is 3.28. The molecule has 1 N–H and O–H groups in total. The van der Waals surface area contributed by atoms with Gasteiger partial charge in [-0.15, -0.1) is 0 Å². The zero-order valence-corrected chi connectivity index (χ0v) is 15.1. The van der Waals surface area contributed by atoms with Crippen LogP contribution in [0, 0.1) is 12.8 Å². The quantitative estimate of drug-likeness (QED) is 0.662. The average Bonchev–Trinajstić information content (AvgIpc) is 3.19. The van der Waals surface area contributed by atoms with Gasteiger partial charge in [-0.2, -0.15) is 0 Å². The van der Waals surface area contributed by atoms with Crippen LogP contribution in [0.4, 0.5) is 0 Å². The maximum atomic E-state index is 12.9. The minimum Gasteiger partial charge on any atom is -0.497 e. The number of rotatable bonds is 5. The van der Waals surface area contributed by atoms with Crippen molar-refractivity contribution in [2.75, 3.05) is 20.2 Å². The second kappa shape index (κ2) is 7.99. The van der Waals surface area contributed by atoms with Crippen molar-refractivity contribution in [3.63, 3.8) is 0 Å². The van der Waals surface area contributed by atoms with Crippen molar-refractivity contribution in [3.05, 3.63) is 53.6 Å². The van der Waals surface area contributed by atoms with E-state index >= 15 is 0 Å². The van der Waals surface area contributed by atoms with E-state index < -0.39 is 0 Å². The summed E-state index contributed by atoms with van der Waals surface area (Å²) in [6, 6.07) is 5.49. The smallest absolute Gasteiger partial charge is 0.246 e. The molecule has 2 aromatic rings. The van der Waals surface area contributed by atoms with E-state index in [0.29, 0.717) is 18.7 Å². The summed E-state index contributed by atoms with van der Waals surface area (Å²) < 4.78 is 5.20. The number of hydrogen-bond acceptors (Lipinski definition) is 4. The first-order valence-corrected chi connectivity index (χ1v) is 8.72. The van der Waals surface area contributed by atoms with Gasteiger partial charge in [-0.25, -0.2) is 4.98 Å². The normalized spacial score (nSPS) is 17.5. The number of imidazole rings is 1. The summed E-state index contributed by atoms with van der Waals surface area (Å²) in [5.41, 5.74) is 2.38. The molecular formula is C20H23N3O3. The second-order valence-corrected chi connectivity index (χ2v) is 6.51. The third-order valence-corrected chi connectivity index (χ3v) is 4.73. The molecule has 6 heteroatoms. The number of aromatic nitrogens is 2. The summed E-state index contributed by atoms with van der Waals surface area (Å²) in [5, 5.41) is 0. The van der Waals surface area contributed by atoms with Crippen molar-refractivity contribution in [2.45, 2.75) is 19.8 Å². The number of amides is 1. The van der Waals surface area contributed by atoms with Gasteiger partial charge in [-0.1, -0.05) is 0 Å². The van der Waals surface area contributed by atoms with Crippen LogP contribution in [0.5, 0.6) is 5.75 Å². The number of benzene rings is 1. The number of nitrogens with one attached hydrogen (secondary N) is 1. The zero-order chi connectivity index (χ0) is 18.5. The summed E-state index contributed by atoms with van der Waals surface area (Å²) in [4.78, 5) is 33.9. The first kappa shape index (κ1) is 17.9. The van der Waals surface area contributed by atoms with Crippen molar-refractivity contribution in [3.8, 4) is 5.75 Å². The van der Waals surface area contributed by atoms with Crippen LogP contribution in [-0.4, -0.2) is 46.8 Å². The molecule has 0 bridgehead atoms. The molecule has 1 atom stereocenters. The highest BCUT2D eigenvalue weighted by Crippen LogP contribution is 2.25. The van der Waals surface area contributed by atoms with Crippen molar-refractivity contribution >= 4 is 17.8 Å². The summed E-state index contributed by atoms with van der Waals surface area (Å²) in [6.45, 7) is 3.04. The Labute approximate surface area is 152 Å². The van der Waals surface area contributed by atoms with E-state index in [1.165, 1.54) is 6.08 Å². The van der Waals surface area contributed by atoms with E-state index in [-0.39, 0.29) is 17.6 Å². The number of piperidine rings is 1. The molecule has 2 heterocycles. The van der Waals surface area contributed by atoms with Crippen LogP contribution < -0.4 is 4.74 Å². The van der Waals surface area contributed by atoms with Crippen LogP contribution in [0.25, 0.3) is 6.08 Å². The predicted molar refractivity (Wildman–Crippen MR) is 99.0 cm³/mol. The lowest BCUT2D eigenvalue weighted by Crippen LogP contribution is -2.41. The number of nitrogens with zero attached hydrogens (tertiary/aromatic N) is 2. The van der Waals surface area contributed by atoms with Crippen LogP contribution in [0.2, 0.25) is 0 Å². The third-order valence-electron chi connectivity index (χ3n) is 4.73. The first-order valence-electron chi connectivity index (χ1n) is 8.72. The van der Waals surface area contributed by atoms with Crippen LogP contribution in [-0.2, 0) is 4.79 Å². The van der Waals surface area contributed by atoms with Gasteiger partial charge in [0.25, 0.3) is 0 Å². The van der Waals surface area contributed by atoms with Gasteiger partial charge in [0.15, 0.2) is 5.78 Å². The molecule has 1 amide bonds. The average molecular weight is 353 g/mol. The summed E-state index contributed by atoms with van der Waals surface area (Å²) >= 11 is 0. The number of carbonyl (C=O) groups is 2. The molecule has 1 fully saturated rings. The number of aromatic amines is 1. The van der Waals surface area contributed by atoms with Crippen molar-refractivity contribution in [1.82, 2.24) is 14.9 Å². The number of ketones is 1. The molecule has 26 heavy (non-hydrogen) atoms. The number of ether oxygens (including phenoxy) is 1. The number of methoxy groups -OCH3 is 1. The van der Waals surface area contributed by atoms with Gasteiger partial charge in [0.2, 0.25) is 5.91 Å². The summed E-state index contributed by atoms with van der Waals surface area (Å²) in [5.74, 6) is 0.590. The van der Waals surface area contributed by atoms with Crippen LogP contribution in [0.1, 0.15) is 34.5 Å². The molecule has 1 aromatic heterocycles. The van der Waals surface area contributed by atoms with E-state index in [4.69, 9.17) is 4.74 Å². The molecule has 0 spiro atoms. The topological polar surface area (TPSA) is 75.3 Å². The molecule has 1 unspecified atom stereocenters. The molecule has 1 aromatic carbocycles. The van der Waals surface area contributed by atoms with Gasteiger partial charge in [-0.3, -0.25) is 9.59 Å². The van der Waals surface area contributed by atoms with E-state index in [0.717, 1.165) is 29.8 Å². The highest BCUT2D eigenvalue weighted by atomic mass is 16.5. The molecule has 1 aliphatic heterocycles. The lowest BCUT2D eigenvalue weighted by molar-refractivity contribution is -0.127. The van der Waals surface area contributed by atoms with Gasteiger partial charge < -0.3 is 14.6 Å². The Bertz CT molecular complexity index is 812.